The fourth-order valence-corrected chi connectivity index (χ4v) is 2.55. The van der Waals surface area contributed by atoms with Gasteiger partial charge in [-0.1, -0.05) is 57.4 Å². The summed E-state index contributed by atoms with van der Waals surface area (Å²) in [4.78, 5) is 12.3. The lowest BCUT2D eigenvalue weighted by atomic mass is 10.1. The molecule has 0 saturated heterocycles. The Morgan fingerprint density at radius 2 is 1.81 bits per heavy atom. The second-order valence-corrected chi connectivity index (χ2v) is 11.6. The highest BCUT2D eigenvalue weighted by atomic mass is 28.3. The van der Waals surface area contributed by atoms with Crippen molar-refractivity contribution in [2.75, 3.05) is 7.11 Å². The summed E-state index contributed by atoms with van der Waals surface area (Å²) >= 11 is 0. The summed E-state index contributed by atoms with van der Waals surface area (Å²) in [6.07, 6.45) is 1.82. The molecule has 0 aliphatic rings. The van der Waals surface area contributed by atoms with Gasteiger partial charge in [0.15, 0.2) is 0 Å². The number of hydrogen-bond acceptors (Lipinski definition) is 3. The van der Waals surface area contributed by atoms with Gasteiger partial charge in [0.05, 0.1) is 15.2 Å². The van der Waals surface area contributed by atoms with Gasteiger partial charge in [-0.3, -0.25) is 0 Å². The summed E-state index contributed by atoms with van der Waals surface area (Å²) in [5.74, 6) is 0.432. The highest BCUT2D eigenvalue weighted by Crippen LogP contribution is 2.21. The van der Waals surface area contributed by atoms with Crippen LogP contribution in [0.25, 0.3) is 0 Å². The largest absolute Gasteiger partial charge is 0.496 e. The van der Waals surface area contributed by atoms with Gasteiger partial charge < -0.3 is 9.47 Å². The molecule has 4 heteroatoms. The maximum absolute atomic E-state index is 12.3. The molecule has 0 N–H and O–H groups in total. The van der Waals surface area contributed by atoms with Gasteiger partial charge in [-0.25, -0.2) is 4.79 Å². The lowest BCUT2D eigenvalue weighted by Gasteiger charge is -2.20. The molecule has 3 nitrogen and oxygen atoms in total. The minimum atomic E-state index is -1.31. The molecule has 0 aliphatic carbocycles. The summed E-state index contributed by atoms with van der Waals surface area (Å²) in [7, 11) is 0.242. The molecule has 0 spiro atoms. The monoisotopic (exact) mass is 306 g/mol. The zero-order valence-electron chi connectivity index (χ0n) is 13.8. The molecule has 1 rings (SSSR count). The van der Waals surface area contributed by atoms with Crippen LogP contribution in [0.3, 0.4) is 0 Å². The first-order valence-electron chi connectivity index (χ1n) is 7.28. The van der Waals surface area contributed by atoms with E-state index in [0.717, 1.165) is 0 Å². The van der Waals surface area contributed by atoms with Gasteiger partial charge in [0.25, 0.3) is 0 Å². The first-order chi connectivity index (χ1) is 9.74. The van der Waals surface area contributed by atoms with Crippen molar-refractivity contribution in [3.8, 4) is 5.75 Å². The third-order valence-corrected chi connectivity index (χ3v) is 4.21. The smallest absolute Gasteiger partial charge is 0.342 e. The van der Waals surface area contributed by atoms with Crippen LogP contribution in [0.1, 0.15) is 24.2 Å². The van der Waals surface area contributed by atoms with Crippen molar-refractivity contribution < 1.29 is 14.3 Å². The molecule has 0 heterocycles. The summed E-state index contributed by atoms with van der Waals surface area (Å²) < 4.78 is 10.9. The molecule has 0 unspecified atom stereocenters. The van der Waals surface area contributed by atoms with Crippen LogP contribution in [-0.4, -0.2) is 27.3 Å². The number of para-hydroxylation sites is 1. The minimum absolute atomic E-state index is 0.214. The second kappa shape index (κ2) is 7.45. The Labute approximate surface area is 129 Å². The van der Waals surface area contributed by atoms with E-state index in [-0.39, 0.29) is 18.0 Å². The Morgan fingerprint density at radius 1 is 1.19 bits per heavy atom. The van der Waals surface area contributed by atoms with Crippen LogP contribution in [0.5, 0.6) is 5.75 Å². The summed E-state index contributed by atoms with van der Waals surface area (Å²) in [6.45, 7) is 10.9. The zero-order chi connectivity index (χ0) is 16.0. The highest BCUT2D eigenvalue weighted by molar-refractivity contribution is 6.80. The Morgan fingerprint density at radius 3 is 2.33 bits per heavy atom. The van der Waals surface area contributed by atoms with E-state index in [1.807, 2.05) is 12.1 Å². The van der Waals surface area contributed by atoms with E-state index in [4.69, 9.17) is 9.47 Å². The molecule has 0 saturated carbocycles. The lowest BCUT2D eigenvalue weighted by Crippen LogP contribution is -2.24. The maximum Gasteiger partial charge on any atom is 0.342 e. The summed E-state index contributed by atoms with van der Waals surface area (Å²) in [5, 5.41) is 0. The number of rotatable bonds is 6. The molecule has 0 fully saturated rings. The van der Waals surface area contributed by atoms with Crippen LogP contribution < -0.4 is 4.74 Å². The van der Waals surface area contributed by atoms with Crippen LogP contribution in [-0.2, 0) is 4.74 Å². The predicted molar refractivity (Wildman–Crippen MR) is 89.5 cm³/mol. The third-order valence-electron chi connectivity index (χ3n) is 3.01. The Hall–Kier alpha value is -1.55. The molecule has 116 valence electrons. The van der Waals surface area contributed by atoms with Gasteiger partial charge in [-0.15, -0.1) is 0 Å². The number of benzene rings is 1. The number of esters is 1. The van der Waals surface area contributed by atoms with E-state index in [9.17, 15) is 4.79 Å². The second-order valence-electron chi connectivity index (χ2n) is 6.54. The van der Waals surface area contributed by atoms with Crippen molar-refractivity contribution in [2.45, 2.75) is 39.6 Å². The molecule has 21 heavy (non-hydrogen) atoms. The molecule has 0 amide bonds. The molecule has 0 aromatic heterocycles. The van der Waals surface area contributed by atoms with Crippen LogP contribution in [0.2, 0.25) is 19.6 Å². The SMILES string of the molecule is COc1ccccc1C(=O)O[C@H](/C=C/[Si](C)(C)C)C(C)C. The van der Waals surface area contributed by atoms with E-state index in [2.05, 4.69) is 39.2 Å². The predicted octanol–water partition coefficient (Wildman–Crippen LogP) is 4.31. The molecular weight excluding hydrogens is 280 g/mol. The molecule has 0 radical (unpaired) electrons. The average Bonchev–Trinajstić information content (AvgIpc) is 2.41. The number of hydrogen-bond donors (Lipinski definition) is 0. The average molecular weight is 306 g/mol. The van der Waals surface area contributed by atoms with E-state index in [1.54, 1.807) is 25.3 Å². The Kier molecular flexibility index (Phi) is 6.21. The first-order valence-corrected chi connectivity index (χ1v) is 10.9. The van der Waals surface area contributed by atoms with Gasteiger partial charge in [0.1, 0.15) is 17.4 Å². The van der Waals surface area contributed by atoms with Gasteiger partial charge in [-0.2, -0.15) is 0 Å². The number of carbonyl (C=O) groups is 1. The fraction of sp³-hybridized carbons (Fsp3) is 0.471. The Balaban J connectivity index is 2.89. The topological polar surface area (TPSA) is 35.5 Å². The van der Waals surface area contributed by atoms with E-state index >= 15 is 0 Å². The number of ether oxygens (including phenoxy) is 2. The van der Waals surface area contributed by atoms with Gasteiger partial charge in [0.2, 0.25) is 0 Å². The number of methoxy groups -OCH3 is 1. The zero-order valence-corrected chi connectivity index (χ0v) is 14.8. The molecule has 1 aromatic rings. The van der Waals surface area contributed by atoms with Crippen LogP contribution >= 0.6 is 0 Å². The maximum atomic E-state index is 12.3. The van der Waals surface area contributed by atoms with Gasteiger partial charge in [0, 0.05) is 0 Å². The van der Waals surface area contributed by atoms with E-state index < -0.39 is 8.07 Å². The van der Waals surface area contributed by atoms with Gasteiger partial charge in [-0.05, 0) is 18.1 Å². The van der Waals surface area contributed by atoms with Gasteiger partial charge >= 0.3 is 5.97 Å². The van der Waals surface area contributed by atoms with Crippen molar-refractivity contribution in [1.29, 1.82) is 0 Å². The Bertz CT molecular complexity index is 501. The standard InChI is InChI=1S/C17H26O3Si/c1-13(2)15(11-12-21(4,5)6)20-17(18)14-9-7-8-10-16(14)19-3/h7-13,15H,1-6H3/b12-11+/t15-/m1/s1. The van der Waals surface area contributed by atoms with Crippen molar-refractivity contribution in [1.82, 2.24) is 0 Å². The van der Waals surface area contributed by atoms with E-state index in [0.29, 0.717) is 11.3 Å². The summed E-state index contributed by atoms with van der Waals surface area (Å²) in [5.41, 5.74) is 2.68. The quantitative estimate of drug-likeness (QED) is 0.580. The molecule has 1 atom stereocenters. The highest BCUT2D eigenvalue weighted by Gasteiger charge is 2.20. The van der Waals surface area contributed by atoms with Crippen LogP contribution in [0.4, 0.5) is 0 Å². The molecule has 0 bridgehead atoms. The molecule has 0 aliphatic heterocycles. The first kappa shape index (κ1) is 17.5. The van der Waals surface area contributed by atoms with Crippen molar-refractivity contribution in [2.24, 2.45) is 5.92 Å². The molecular formula is C17H26O3Si. The minimum Gasteiger partial charge on any atom is -0.496 e. The van der Waals surface area contributed by atoms with Crippen molar-refractivity contribution >= 4 is 14.0 Å². The normalized spacial score (nSPS) is 13.5. The van der Waals surface area contributed by atoms with Crippen molar-refractivity contribution in [3.05, 3.63) is 41.6 Å². The van der Waals surface area contributed by atoms with Crippen LogP contribution in [0.15, 0.2) is 36.0 Å². The molecule has 1 aromatic carbocycles. The fourth-order valence-electron chi connectivity index (χ4n) is 1.78. The number of carbonyl (C=O) groups excluding carboxylic acids is 1. The lowest BCUT2D eigenvalue weighted by molar-refractivity contribution is 0.0305. The van der Waals surface area contributed by atoms with Crippen LogP contribution in [0, 0.1) is 5.92 Å². The van der Waals surface area contributed by atoms with E-state index in [1.165, 1.54) is 0 Å². The summed E-state index contributed by atoms with van der Waals surface area (Å²) in [6, 6.07) is 7.13. The third kappa shape index (κ3) is 5.75. The van der Waals surface area contributed by atoms with Crippen molar-refractivity contribution in [3.63, 3.8) is 0 Å².